The van der Waals surface area contributed by atoms with Crippen molar-refractivity contribution in [1.82, 2.24) is 42.2 Å². The maximum atomic E-state index is 15.1. The molecular weight excluding hydrogens is 1140 g/mol. The van der Waals surface area contributed by atoms with E-state index in [0.717, 1.165) is 54.4 Å². The summed E-state index contributed by atoms with van der Waals surface area (Å²) in [6.45, 7) is 3.68. The molecule has 456 valence electrons. The van der Waals surface area contributed by atoms with Crippen LogP contribution in [0.1, 0.15) is 66.8 Å². The van der Waals surface area contributed by atoms with E-state index in [9.17, 15) is 33.9 Å². The van der Waals surface area contributed by atoms with Gasteiger partial charge in [-0.2, -0.15) is 0 Å². The zero-order valence-corrected chi connectivity index (χ0v) is 50.0. The number of unbranched alkanes of at least 4 members (excludes halogenated alkanes) is 1. The van der Waals surface area contributed by atoms with Gasteiger partial charge in [0.2, 0.25) is 47.3 Å². The van der Waals surface area contributed by atoms with Crippen molar-refractivity contribution in [2.75, 3.05) is 18.1 Å². The topological polar surface area (TPSA) is 335 Å². The molecule has 7 aromatic rings. The Morgan fingerprint density at radius 1 is 0.632 bits per heavy atom. The number of phenolic OH excluding ortho intramolecular Hbond substituents is 1. The molecule has 0 radical (unpaired) electrons. The predicted octanol–water partition coefficient (Wildman–Crippen LogP) is 4.27. The number of fused-ring (bicyclic) bond motifs is 2. The van der Waals surface area contributed by atoms with E-state index in [1.54, 1.807) is 32.2 Å². The van der Waals surface area contributed by atoms with Gasteiger partial charge < -0.3 is 64.5 Å². The van der Waals surface area contributed by atoms with Gasteiger partial charge in [-0.15, -0.1) is 0 Å². The molecule has 1 aromatic heterocycles. The average Bonchev–Trinajstić information content (AvgIpc) is 3.65. The molecule has 2 heterocycles. The maximum Gasteiger partial charge on any atom is 0.244 e. The summed E-state index contributed by atoms with van der Waals surface area (Å²) in [5.41, 5.74) is 22.8. The second-order valence-corrected chi connectivity index (χ2v) is 24.6. The van der Waals surface area contributed by atoms with Crippen molar-refractivity contribution in [3.8, 4) is 5.75 Å². The molecule has 87 heavy (non-hydrogen) atoms. The van der Waals surface area contributed by atoms with E-state index in [-0.39, 0.29) is 49.5 Å². The number of aromatic hydroxyl groups is 1. The number of carbonyl (C=O) groups is 8. The zero-order chi connectivity index (χ0) is 62.0. The molecule has 22 heteroatoms. The number of rotatable bonds is 19. The number of benzene rings is 6. The number of H-pyrrole nitrogens is 1. The number of aromatic amines is 1. The molecule has 6 aromatic carbocycles. The molecular formula is C65H75N11O9S2. The Kier molecular flexibility index (Phi) is 23.0. The van der Waals surface area contributed by atoms with Crippen LogP contribution in [0.25, 0.3) is 21.7 Å². The first-order valence-corrected chi connectivity index (χ1v) is 31.5. The van der Waals surface area contributed by atoms with E-state index in [0.29, 0.717) is 29.5 Å². The monoisotopic (exact) mass is 1220 g/mol. The Hall–Kier alpha value is -8.70. The molecule has 0 unspecified atom stereocenters. The highest BCUT2D eigenvalue weighted by molar-refractivity contribution is 8.76. The summed E-state index contributed by atoms with van der Waals surface area (Å²) >= 11 is 0. The summed E-state index contributed by atoms with van der Waals surface area (Å²) in [5, 5.41) is 32.7. The smallest absolute Gasteiger partial charge is 0.244 e. The van der Waals surface area contributed by atoms with Gasteiger partial charge in [0, 0.05) is 53.8 Å². The van der Waals surface area contributed by atoms with Gasteiger partial charge >= 0.3 is 0 Å². The van der Waals surface area contributed by atoms with E-state index in [4.69, 9.17) is 17.2 Å². The Morgan fingerprint density at radius 2 is 1.22 bits per heavy atom. The SMILES string of the molecule is CC(C)[C@@H]1NC(=O)[C@H](CCCCN)NC(=O)[C@@H](Cc2c[nH]c3ccccc23)NC(=O)[C@H](Cc2ccc(O)cc2)NC(=O)[C@H](NC(=O)[C@H](N)C(c2ccccc2)c2ccccc2)CSSC[C@@H](C(=O)N[C@@H](Cc2ccc3ccccc3c2)C(N)=O)NC1=O. The van der Waals surface area contributed by atoms with Crippen molar-refractivity contribution < 1.29 is 43.5 Å². The maximum absolute atomic E-state index is 15.1. The van der Waals surface area contributed by atoms with Crippen molar-refractivity contribution in [2.45, 2.75) is 107 Å². The molecule has 8 rings (SSSR count). The second kappa shape index (κ2) is 31.1. The van der Waals surface area contributed by atoms with E-state index in [1.807, 2.05) is 127 Å². The average molecular weight is 1220 g/mol. The van der Waals surface area contributed by atoms with Gasteiger partial charge in [-0.3, -0.25) is 38.4 Å². The fourth-order valence-electron chi connectivity index (χ4n) is 10.5. The normalized spacial score (nSPS) is 20.1. The lowest BCUT2D eigenvalue weighted by Crippen LogP contribution is -2.62. The number of nitrogens with one attached hydrogen (secondary N) is 8. The number of para-hydroxylation sites is 1. The third-order valence-corrected chi connectivity index (χ3v) is 17.7. The van der Waals surface area contributed by atoms with Crippen molar-refractivity contribution in [3.63, 3.8) is 0 Å². The Labute approximate surface area is 512 Å². The van der Waals surface area contributed by atoms with Gasteiger partial charge in [0.15, 0.2) is 0 Å². The van der Waals surface area contributed by atoms with E-state index in [2.05, 4.69) is 42.2 Å². The minimum atomic E-state index is -1.43. The fraction of sp³-hybridized carbons (Fsp3) is 0.323. The largest absolute Gasteiger partial charge is 0.508 e. The summed E-state index contributed by atoms with van der Waals surface area (Å²) in [7, 11) is 2.13. The van der Waals surface area contributed by atoms with E-state index in [1.165, 1.54) is 12.1 Å². The third-order valence-electron chi connectivity index (χ3n) is 15.3. The lowest BCUT2D eigenvalue weighted by atomic mass is 9.85. The summed E-state index contributed by atoms with van der Waals surface area (Å²) in [5.74, 6) is -7.87. The number of hydrogen-bond acceptors (Lipinski definition) is 13. The molecule has 1 fully saturated rings. The number of nitrogens with two attached hydrogens (primary N) is 3. The van der Waals surface area contributed by atoms with Gasteiger partial charge in [0.1, 0.15) is 48.0 Å². The van der Waals surface area contributed by atoms with Crippen LogP contribution in [0.2, 0.25) is 0 Å². The number of aromatic nitrogens is 1. The molecule has 20 nitrogen and oxygen atoms in total. The van der Waals surface area contributed by atoms with Crippen LogP contribution in [0.3, 0.4) is 0 Å². The van der Waals surface area contributed by atoms with Crippen molar-refractivity contribution in [2.24, 2.45) is 23.1 Å². The van der Waals surface area contributed by atoms with Gasteiger partial charge in [-0.25, -0.2) is 0 Å². The first kappa shape index (κ1) is 64.3. The molecule has 8 atom stereocenters. The number of amides is 8. The molecule has 0 spiro atoms. The first-order valence-electron chi connectivity index (χ1n) is 29.0. The highest BCUT2D eigenvalue weighted by atomic mass is 33.1. The van der Waals surface area contributed by atoms with Crippen LogP contribution < -0.4 is 54.4 Å². The predicted molar refractivity (Wildman–Crippen MR) is 340 cm³/mol. The fourth-order valence-corrected chi connectivity index (χ4v) is 12.8. The van der Waals surface area contributed by atoms with Crippen LogP contribution in [0, 0.1) is 5.92 Å². The molecule has 15 N–H and O–H groups in total. The summed E-state index contributed by atoms with van der Waals surface area (Å²) in [4.78, 5) is 120. The standard InChI is InChI=1S/C65H75N11O9S2/c1-38(2)57-65(85)75-54(62(82)71-50(58(68)78)33-40-24-27-41-15-9-10-20-44(41)31-40)37-87-86-36-53(74-64(84)56(67)55(42-16-5-3-6-17-42)43-18-7-4-8-19-43)63(83)72-51(32-39-25-28-46(77)29-26-39)60(80)73-52(34-45-35-69-48-22-12-11-21-47(45)48)61(81)70-49(59(79)76-57)23-13-14-30-66/h3-12,15-22,24-29,31,35,38,49-57,69,77H,13-14,23,30,32-34,36-37,66-67H2,1-2H3,(H2,68,78)(H,70,81)(H,71,82)(H,72,83)(H,73,80)(H,74,84)(H,75,85)(H,76,79)/t49-,50-,51-,52+,53+,54-,56+,57-/m0/s1. The highest BCUT2D eigenvalue weighted by Crippen LogP contribution is 2.29. The molecule has 0 bridgehead atoms. The Morgan fingerprint density at radius 3 is 1.89 bits per heavy atom. The molecule has 1 aliphatic heterocycles. The molecule has 1 saturated heterocycles. The molecule has 1 aliphatic rings. The number of hydrogen-bond donors (Lipinski definition) is 12. The van der Waals surface area contributed by atoms with Crippen molar-refractivity contribution in [3.05, 3.63) is 186 Å². The Bertz CT molecular complexity index is 3480. The van der Waals surface area contributed by atoms with E-state index < -0.39 is 107 Å². The third kappa shape index (κ3) is 17.7. The lowest BCUT2D eigenvalue weighted by molar-refractivity contribution is -0.136. The summed E-state index contributed by atoms with van der Waals surface area (Å²) in [6.07, 6.45) is 2.42. The minimum Gasteiger partial charge on any atom is -0.508 e. The van der Waals surface area contributed by atoms with Crippen molar-refractivity contribution in [1.29, 1.82) is 0 Å². The van der Waals surface area contributed by atoms with Crippen LogP contribution in [0.5, 0.6) is 5.75 Å². The van der Waals surface area contributed by atoms with Crippen LogP contribution in [-0.2, 0) is 57.6 Å². The van der Waals surface area contributed by atoms with Crippen LogP contribution in [0.15, 0.2) is 158 Å². The van der Waals surface area contributed by atoms with Crippen LogP contribution in [0.4, 0.5) is 0 Å². The van der Waals surface area contributed by atoms with Gasteiger partial charge in [0.05, 0.1) is 6.04 Å². The second-order valence-electron chi connectivity index (χ2n) is 22.0. The summed E-state index contributed by atoms with van der Waals surface area (Å²) in [6, 6.07) is 34.4. The molecule has 0 aliphatic carbocycles. The van der Waals surface area contributed by atoms with Crippen molar-refractivity contribution >= 4 is 90.5 Å². The van der Waals surface area contributed by atoms with E-state index >= 15 is 9.59 Å². The number of primary amides is 1. The molecule has 8 amide bonds. The lowest BCUT2D eigenvalue weighted by Gasteiger charge is -2.30. The quantitative estimate of drug-likeness (QED) is 0.0398. The number of carbonyl (C=O) groups excluding carboxylic acids is 8. The molecule has 0 saturated carbocycles. The summed E-state index contributed by atoms with van der Waals surface area (Å²) < 4.78 is 0. The van der Waals surface area contributed by atoms with Gasteiger partial charge in [-0.1, -0.05) is 169 Å². The van der Waals surface area contributed by atoms with Crippen LogP contribution in [-0.4, -0.2) is 124 Å². The first-order chi connectivity index (χ1) is 42.0. The van der Waals surface area contributed by atoms with Gasteiger partial charge in [0.25, 0.3) is 0 Å². The minimum absolute atomic E-state index is 0.0127. The van der Waals surface area contributed by atoms with Gasteiger partial charge in [-0.05, 0) is 88.5 Å². The number of phenols is 1. The highest BCUT2D eigenvalue weighted by Gasteiger charge is 2.37. The Balaban J connectivity index is 1.17. The van der Waals surface area contributed by atoms with Crippen LogP contribution >= 0.6 is 21.6 Å². The zero-order valence-electron chi connectivity index (χ0n) is 48.4.